The molecular weight excluding hydrogens is 274 g/mol. The summed E-state index contributed by atoms with van der Waals surface area (Å²) in [6, 6.07) is 3.88. The molecule has 0 amide bonds. The van der Waals surface area contributed by atoms with Crippen LogP contribution in [0.1, 0.15) is 11.1 Å². The number of hydrogen-bond donors (Lipinski definition) is 1. The Kier molecular flexibility index (Phi) is 3.16. The van der Waals surface area contributed by atoms with Crippen molar-refractivity contribution in [3.05, 3.63) is 31.9 Å². The van der Waals surface area contributed by atoms with Gasteiger partial charge >= 0.3 is 0 Å². The summed E-state index contributed by atoms with van der Waals surface area (Å²) in [6.07, 6.45) is 0. The molecule has 0 unspecified atom stereocenters. The number of halogens is 2. The second-order valence-corrected chi connectivity index (χ2v) is 3.92. The summed E-state index contributed by atoms with van der Waals surface area (Å²) >= 11 is 8.05. The van der Waals surface area contributed by atoms with E-state index in [0.29, 0.717) is 5.02 Å². The van der Waals surface area contributed by atoms with Crippen LogP contribution in [0.15, 0.2) is 12.1 Å². The third kappa shape index (κ3) is 2.07. The minimum atomic E-state index is 0.0104. The van der Waals surface area contributed by atoms with Crippen LogP contribution >= 0.6 is 34.2 Å². The molecule has 60 valence electrons. The van der Waals surface area contributed by atoms with Crippen LogP contribution in [-0.2, 0) is 6.61 Å². The van der Waals surface area contributed by atoms with E-state index in [1.165, 1.54) is 0 Å². The van der Waals surface area contributed by atoms with Crippen molar-refractivity contribution in [1.82, 2.24) is 0 Å². The maximum atomic E-state index is 8.88. The average Bonchev–Trinajstić information content (AvgIpc) is 1.96. The van der Waals surface area contributed by atoms with Gasteiger partial charge in [-0.15, -0.1) is 0 Å². The highest BCUT2D eigenvalue weighted by molar-refractivity contribution is 14.1. The first-order chi connectivity index (χ1) is 5.15. The fourth-order valence-electron chi connectivity index (χ4n) is 0.912. The standard InChI is InChI=1S/C8H8ClIO/c1-5-2-6(4-11)8(9)7(10)3-5/h2-3,11H,4H2,1H3. The van der Waals surface area contributed by atoms with Gasteiger partial charge in [-0.2, -0.15) is 0 Å². The molecule has 0 saturated carbocycles. The molecule has 0 bridgehead atoms. The van der Waals surface area contributed by atoms with Gasteiger partial charge in [0.05, 0.1) is 11.6 Å². The van der Waals surface area contributed by atoms with Gasteiger partial charge in [-0.25, -0.2) is 0 Å². The Bertz CT molecular complexity index is 273. The Morgan fingerprint density at radius 2 is 2.18 bits per heavy atom. The van der Waals surface area contributed by atoms with Crippen LogP contribution in [0.5, 0.6) is 0 Å². The highest BCUT2D eigenvalue weighted by atomic mass is 127. The van der Waals surface area contributed by atoms with Gasteiger partial charge in [0.1, 0.15) is 0 Å². The largest absolute Gasteiger partial charge is 0.392 e. The van der Waals surface area contributed by atoms with Crippen molar-refractivity contribution in [2.24, 2.45) is 0 Å². The van der Waals surface area contributed by atoms with Crippen molar-refractivity contribution in [2.75, 3.05) is 0 Å². The van der Waals surface area contributed by atoms with Crippen LogP contribution in [0.25, 0.3) is 0 Å². The van der Waals surface area contributed by atoms with Crippen molar-refractivity contribution in [2.45, 2.75) is 13.5 Å². The first kappa shape index (κ1) is 9.29. The van der Waals surface area contributed by atoms with E-state index >= 15 is 0 Å². The molecule has 0 aliphatic carbocycles. The van der Waals surface area contributed by atoms with E-state index in [1.54, 1.807) is 0 Å². The number of rotatable bonds is 1. The summed E-state index contributed by atoms with van der Waals surface area (Å²) in [5.41, 5.74) is 1.93. The van der Waals surface area contributed by atoms with Crippen molar-refractivity contribution in [1.29, 1.82) is 0 Å². The van der Waals surface area contributed by atoms with E-state index in [1.807, 2.05) is 19.1 Å². The average molecular weight is 283 g/mol. The number of aliphatic hydroxyl groups is 1. The molecule has 0 spiro atoms. The monoisotopic (exact) mass is 282 g/mol. The molecule has 0 radical (unpaired) electrons. The summed E-state index contributed by atoms with van der Waals surface area (Å²) < 4.78 is 0.994. The number of benzene rings is 1. The lowest BCUT2D eigenvalue weighted by molar-refractivity contribution is 0.282. The smallest absolute Gasteiger partial charge is 0.0696 e. The van der Waals surface area contributed by atoms with E-state index in [0.717, 1.165) is 14.7 Å². The lowest BCUT2D eigenvalue weighted by Crippen LogP contribution is -1.89. The highest BCUT2D eigenvalue weighted by Crippen LogP contribution is 2.24. The van der Waals surface area contributed by atoms with Crippen LogP contribution < -0.4 is 0 Å². The van der Waals surface area contributed by atoms with Gasteiger partial charge in [-0.1, -0.05) is 17.7 Å². The quantitative estimate of drug-likeness (QED) is 0.785. The molecule has 0 heterocycles. The zero-order valence-corrected chi connectivity index (χ0v) is 8.98. The predicted octanol–water partition coefficient (Wildman–Crippen LogP) is 2.75. The maximum Gasteiger partial charge on any atom is 0.0696 e. The van der Waals surface area contributed by atoms with Gasteiger partial charge in [0.2, 0.25) is 0 Å². The number of aryl methyl sites for hydroxylation is 1. The second-order valence-electron chi connectivity index (χ2n) is 2.38. The fraction of sp³-hybridized carbons (Fsp3) is 0.250. The molecule has 1 rings (SSSR count). The van der Waals surface area contributed by atoms with E-state index in [-0.39, 0.29) is 6.61 Å². The first-order valence-corrected chi connectivity index (χ1v) is 4.66. The fourth-order valence-corrected chi connectivity index (χ4v) is 1.92. The van der Waals surface area contributed by atoms with Crippen molar-refractivity contribution >= 4 is 34.2 Å². The summed E-state index contributed by atoms with van der Waals surface area (Å²) in [4.78, 5) is 0. The Balaban J connectivity index is 3.24. The number of aliphatic hydroxyl groups excluding tert-OH is 1. The summed E-state index contributed by atoms with van der Waals surface area (Å²) in [5.74, 6) is 0. The van der Waals surface area contributed by atoms with Crippen molar-refractivity contribution in [3.8, 4) is 0 Å². The zero-order valence-electron chi connectivity index (χ0n) is 6.06. The lowest BCUT2D eigenvalue weighted by Gasteiger charge is -2.03. The van der Waals surface area contributed by atoms with Gasteiger partial charge in [0.15, 0.2) is 0 Å². The molecule has 0 aliphatic rings. The minimum absolute atomic E-state index is 0.0104. The molecule has 3 heteroatoms. The van der Waals surface area contributed by atoms with E-state index < -0.39 is 0 Å². The molecule has 1 aromatic carbocycles. The van der Waals surface area contributed by atoms with Gasteiger partial charge in [0, 0.05) is 3.57 Å². The van der Waals surface area contributed by atoms with Crippen molar-refractivity contribution in [3.63, 3.8) is 0 Å². The van der Waals surface area contributed by atoms with Crippen LogP contribution in [0.3, 0.4) is 0 Å². The SMILES string of the molecule is Cc1cc(I)c(Cl)c(CO)c1. The maximum absolute atomic E-state index is 8.88. The molecule has 1 N–H and O–H groups in total. The van der Waals surface area contributed by atoms with Gasteiger partial charge in [-0.3, -0.25) is 0 Å². The van der Waals surface area contributed by atoms with Gasteiger partial charge in [-0.05, 0) is 46.7 Å². The van der Waals surface area contributed by atoms with Crippen LogP contribution in [0.2, 0.25) is 5.02 Å². The molecular formula is C8H8ClIO. The van der Waals surface area contributed by atoms with Crippen LogP contribution in [0, 0.1) is 10.5 Å². The molecule has 0 aromatic heterocycles. The Morgan fingerprint density at radius 3 is 2.73 bits per heavy atom. The Labute approximate surface area is 84.5 Å². The first-order valence-electron chi connectivity index (χ1n) is 3.20. The van der Waals surface area contributed by atoms with E-state index in [4.69, 9.17) is 16.7 Å². The molecule has 0 saturated heterocycles. The Hall–Kier alpha value is 0.200. The van der Waals surface area contributed by atoms with Crippen molar-refractivity contribution < 1.29 is 5.11 Å². The van der Waals surface area contributed by atoms with Crippen LogP contribution in [-0.4, -0.2) is 5.11 Å². The molecule has 1 nitrogen and oxygen atoms in total. The molecule has 0 fully saturated rings. The third-order valence-corrected chi connectivity index (χ3v) is 3.03. The summed E-state index contributed by atoms with van der Waals surface area (Å²) in [7, 11) is 0. The molecule has 0 atom stereocenters. The normalized spacial score (nSPS) is 10.2. The number of hydrogen-bond acceptors (Lipinski definition) is 1. The van der Waals surface area contributed by atoms with E-state index in [2.05, 4.69) is 22.6 Å². The minimum Gasteiger partial charge on any atom is -0.392 e. The molecule has 11 heavy (non-hydrogen) atoms. The summed E-state index contributed by atoms with van der Waals surface area (Å²) in [6.45, 7) is 1.99. The molecule has 0 aliphatic heterocycles. The summed E-state index contributed by atoms with van der Waals surface area (Å²) in [5, 5.41) is 9.54. The topological polar surface area (TPSA) is 20.2 Å². The zero-order chi connectivity index (χ0) is 8.43. The second kappa shape index (κ2) is 3.74. The predicted molar refractivity (Wildman–Crippen MR) is 54.8 cm³/mol. The van der Waals surface area contributed by atoms with Gasteiger partial charge in [0.25, 0.3) is 0 Å². The lowest BCUT2D eigenvalue weighted by atomic mass is 10.1. The highest BCUT2D eigenvalue weighted by Gasteiger charge is 2.03. The van der Waals surface area contributed by atoms with Crippen LogP contribution in [0.4, 0.5) is 0 Å². The Morgan fingerprint density at radius 1 is 1.55 bits per heavy atom. The van der Waals surface area contributed by atoms with E-state index in [9.17, 15) is 0 Å². The molecule has 1 aromatic rings. The third-order valence-electron chi connectivity index (χ3n) is 1.42. The van der Waals surface area contributed by atoms with Gasteiger partial charge < -0.3 is 5.11 Å².